The predicted molar refractivity (Wildman–Crippen MR) is 67.9 cm³/mol. The lowest BCUT2D eigenvalue weighted by Gasteiger charge is -2.45. The van der Waals surface area contributed by atoms with Gasteiger partial charge in [-0.2, -0.15) is 0 Å². The Balaban J connectivity index is 1.57. The maximum Gasteiger partial charge on any atom is 0.224 e. The molecule has 102 valence electrons. The van der Waals surface area contributed by atoms with Crippen LogP contribution < -0.4 is 11.1 Å². The smallest absolute Gasteiger partial charge is 0.224 e. The van der Waals surface area contributed by atoms with E-state index in [1.807, 2.05) is 0 Å². The topological polar surface area (TPSA) is 64.3 Å². The summed E-state index contributed by atoms with van der Waals surface area (Å²) in [6.07, 6.45) is 1.20. The van der Waals surface area contributed by atoms with Gasteiger partial charge in [0.1, 0.15) is 5.82 Å². The van der Waals surface area contributed by atoms with Gasteiger partial charge in [-0.3, -0.25) is 4.79 Å². The molecule has 1 aliphatic heterocycles. The molecule has 1 aromatic rings. The third kappa shape index (κ3) is 2.35. The van der Waals surface area contributed by atoms with Crippen LogP contribution in [0.5, 0.6) is 0 Å². The average molecular weight is 264 g/mol. The molecule has 3 rings (SSSR count). The number of hydrogen-bond acceptors (Lipinski definition) is 3. The maximum absolute atomic E-state index is 13.0. The zero-order chi connectivity index (χ0) is 13.4. The second-order valence-electron chi connectivity index (χ2n) is 5.27. The summed E-state index contributed by atoms with van der Waals surface area (Å²) in [6, 6.07) is 5.94. The van der Waals surface area contributed by atoms with Gasteiger partial charge in [0.2, 0.25) is 5.91 Å². The summed E-state index contributed by atoms with van der Waals surface area (Å²) >= 11 is 0. The Hall–Kier alpha value is -1.46. The summed E-state index contributed by atoms with van der Waals surface area (Å²) in [7, 11) is 0. The molecular formula is C14H17FN2O2. The van der Waals surface area contributed by atoms with Gasteiger partial charge in [0.15, 0.2) is 0 Å². The largest absolute Gasteiger partial charge is 0.376 e. The molecule has 5 heteroatoms. The number of nitrogens with one attached hydrogen (secondary N) is 1. The van der Waals surface area contributed by atoms with Crippen molar-refractivity contribution >= 4 is 5.91 Å². The molecule has 1 heterocycles. The first kappa shape index (κ1) is 12.6. The van der Waals surface area contributed by atoms with Crippen LogP contribution in [0.15, 0.2) is 24.3 Å². The SMILES string of the molecule is NC1C2CCOC2C1NC(=O)Cc1cccc(F)c1. The molecule has 3 N–H and O–H groups in total. The second kappa shape index (κ2) is 4.90. The van der Waals surface area contributed by atoms with Crippen LogP contribution in [-0.4, -0.2) is 30.7 Å². The Morgan fingerprint density at radius 1 is 1.53 bits per heavy atom. The third-order valence-corrected chi connectivity index (χ3v) is 4.03. The van der Waals surface area contributed by atoms with E-state index in [1.165, 1.54) is 12.1 Å². The first-order valence-electron chi connectivity index (χ1n) is 6.56. The monoisotopic (exact) mass is 264 g/mol. The highest BCUT2D eigenvalue weighted by atomic mass is 19.1. The maximum atomic E-state index is 13.0. The summed E-state index contributed by atoms with van der Waals surface area (Å²) < 4.78 is 18.6. The number of fused-ring (bicyclic) bond motifs is 1. The number of rotatable bonds is 3. The Bertz CT molecular complexity index is 494. The Morgan fingerprint density at radius 2 is 2.37 bits per heavy atom. The van der Waals surface area contributed by atoms with E-state index in [2.05, 4.69) is 5.32 Å². The molecule has 1 aromatic carbocycles. The van der Waals surface area contributed by atoms with Crippen molar-refractivity contribution in [2.45, 2.75) is 31.0 Å². The van der Waals surface area contributed by atoms with Crippen LogP contribution in [0.2, 0.25) is 0 Å². The summed E-state index contributed by atoms with van der Waals surface area (Å²) in [4.78, 5) is 11.9. The Labute approximate surface area is 111 Å². The molecular weight excluding hydrogens is 247 g/mol. The van der Waals surface area contributed by atoms with Crippen molar-refractivity contribution in [3.63, 3.8) is 0 Å². The van der Waals surface area contributed by atoms with Crippen molar-refractivity contribution in [2.75, 3.05) is 6.61 Å². The van der Waals surface area contributed by atoms with E-state index in [0.717, 1.165) is 13.0 Å². The molecule has 19 heavy (non-hydrogen) atoms. The molecule has 1 aliphatic carbocycles. The molecule has 4 unspecified atom stereocenters. The highest BCUT2D eigenvalue weighted by molar-refractivity contribution is 5.79. The first-order valence-corrected chi connectivity index (χ1v) is 6.56. The Kier molecular flexibility index (Phi) is 3.24. The number of amides is 1. The molecule has 1 amide bonds. The lowest BCUT2D eigenvalue weighted by atomic mass is 9.72. The van der Waals surface area contributed by atoms with Crippen molar-refractivity contribution in [2.24, 2.45) is 11.7 Å². The van der Waals surface area contributed by atoms with E-state index in [4.69, 9.17) is 10.5 Å². The number of carbonyl (C=O) groups excluding carboxylic acids is 1. The van der Waals surface area contributed by atoms with Gasteiger partial charge in [-0.05, 0) is 24.1 Å². The summed E-state index contributed by atoms with van der Waals surface area (Å²) in [5, 5.41) is 2.89. The minimum Gasteiger partial charge on any atom is -0.376 e. The predicted octanol–water partition coefficient (Wildman–Crippen LogP) is 0.599. The Morgan fingerprint density at radius 3 is 3.16 bits per heavy atom. The first-order chi connectivity index (χ1) is 9.15. The van der Waals surface area contributed by atoms with E-state index in [9.17, 15) is 9.18 Å². The molecule has 1 saturated carbocycles. The van der Waals surface area contributed by atoms with E-state index < -0.39 is 0 Å². The second-order valence-corrected chi connectivity index (χ2v) is 5.27. The average Bonchev–Trinajstić information content (AvgIpc) is 2.80. The number of hydrogen-bond donors (Lipinski definition) is 2. The van der Waals surface area contributed by atoms with E-state index in [-0.39, 0.29) is 36.3 Å². The minimum atomic E-state index is -0.329. The molecule has 2 fully saturated rings. The number of ether oxygens (including phenoxy) is 1. The van der Waals surface area contributed by atoms with Crippen LogP contribution >= 0.6 is 0 Å². The molecule has 4 nitrogen and oxygen atoms in total. The van der Waals surface area contributed by atoms with Gasteiger partial charge >= 0.3 is 0 Å². The fourth-order valence-electron chi connectivity index (χ4n) is 3.00. The van der Waals surface area contributed by atoms with Gasteiger partial charge in [0.05, 0.1) is 18.6 Å². The van der Waals surface area contributed by atoms with Crippen LogP contribution in [0.1, 0.15) is 12.0 Å². The summed E-state index contributed by atoms with van der Waals surface area (Å²) in [5.41, 5.74) is 6.68. The highest BCUT2D eigenvalue weighted by Crippen LogP contribution is 2.37. The van der Waals surface area contributed by atoms with E-state index in [0.29, 0.717) is 11.5 Å². The molecule has 2 aliphatic rings. The van der Waals surface area contributed by atoms with Gasteiger partial charge < -0.3 is 15.8 Å². The van der Waals surface area contributed by atoms with Crippen LogP contribution in [0.25, 0.3) is 0 Å². The molecule has 0 radical (unpaired) electrons. The van der Waals surface area contributed by atoms with Crippen molar-refractivity contribution in [1.82, 2.24) is 5.32 Å². The molecule has 1 saturated heterocycles. The quantitative estimate of drug-likeness (QED) is 0.840. The zero-order valence-electron chi connectivity index (χ0n) is 10.5. The number of halogens is 1. The number of nitrogens with two attached hydrogens (primary N) is 1. The fraction of sp³-hybridized carbons (Fsp3) is 0.500. The van der Waals surface area contributed by atoms with Gasteiger partial charge in [-0.25, -0.2) is 4.39 Å². The molecule has 4 atom stereocenters. The fourth-order valence-corrected chi connectivity index (χ4v) is 3.00. The zero-order valence-corrected chi connectivity index (χ0v) is 10.5. The van der Waals surface area contributed by atoms with Crippen LogP contribution in [-0.2, 0) is 16.0 Å². The van der Waals surface area contributed by atoms with E-state index >= 15 is 0 Å². The van der Waals surface area contributed by atoms with E-state index in [1.54, 1.807) is 12.1 Å². The minimum absolute atomic E-state index is 0.0241. The van der Waals surface area contributed by atoms with Crippen molar-refractivity contribution in [3.8, 4) is 0 Å². The molecule has 0 bridgehead atoms. The van der Waals surface area contributed by atoms with Gasteiger partial charge in [-0.15, -0.1) is 0 Å². The lowest BCUT2D eigenvalue weighted by Crippen LogP contribution is -2.69. The van der Waals surface area contributed by atoms with Crippen LogP contribution in [0, 0.1) is 11.7 Å². The molecule has 0 aromatic heterocycles. The summed E-state index contributed by atoms with van der Waals surface area (Å²) in [6.45, 7) is 0.722. The highest BCUT2D eigenvalue weighted by Gasteiger charge is 2.52. The standard InChI is InChI=1S/C14H17FN2O2/c15-9-3-1-2-8(6-9)7-11(18)17-13-12(16)10-4-5-19-14(10)13/h1-3,6,10,12-14H,4-5,7,16H2,(H,17,18). The lowest BCUT2D eigenvalue weighted by molar-refractivity contribution is -0.125. The van der Waals surface area contributed by atoms with Crippen LogP contribution in [0.3, 0.4) is 0 Å². The van der Waals surface area contributed by atoms with Crippen molar-refractivity contribution < 1.29 is 13.9 Å². The van der Waals surface area contributed by atoms with Crippen LogP contribution in [0.4, 0.5) is 4.39 Å². The molecule has 0 spiro atoms. The normalized spacial score (nSPS) is 32.5. The summed E-state index contributed by atoms with van der Waals surface area (Å²) in [5.74, 6) is -0.0932. The number of benzene rings is 1. The van der Waals surface area contributed by atoms with Crippen molar-refractivity contribution in [3.05, 3.63) is 35.6 Å². The third-order valence-electron chi connectivity index (χ3n) is 4.03. The number of carbonyl (C=O) groups is 1. The van der Waals surface area contributed by atoms with Gasteiger partial charge in [0.25, 0.3) is 0 Å². The van der Waals surface area contributed by atoms with Gasteiger partial charge in [-0.1, -0.05) is 12.1 Å². The van der Waals surface area contributed by atoms with Gasteiger partial charge in [0, 0.05) is 18.6 Å². The van der Waals surface area contributed by atoms with Crippen molar-refractivity contribution in [1.29, 1.82) is 0 Å².